The number of nitrogens with zero attached hydrogens (tertiary/aromatic N) is 4. The van der Waals surface area contributed by atoms with Crippen LogP contribution in [0.1, 0.15) is 22.4 Å². The Morgan fingerprint density at radius 3 is 2.77 bits per heavy atom. The molecule has 0 aliphatic carbocycles. The van der Waals surface area contributed by atoms with Gasteiger partial charge >= 0.3 is 0 Å². The second-order valence-corrected chi connectivity index (χ2v) is 8.53. The van der Waals surface area contributed by atoms with Crippen molar-refractivity contribution in [1.29, 1.82) is 0 Å². The number of β-amino-alcohol motifs (C(OH)–C–C–N with tert-alkyl or cyclic N) is 1. The molecule has 3 aromatic rings. The molecule has 4 rings (SSSR count). The highest BCUT2D eigenvalue weighted by molar-refractivity contribution is 9.10. The van der Waals surface area contributed by atoms with E-state index in [-0.39, 0.29) is 18.8 Å². The predicted octanol–water partition coefficient (Wildman–Crippen LogP) is 2.57. The fourth-order valence-corrected chi connectivity index (χ4v) is 3.94. The van der Waals surface area contributed by atoms with E-state index in [4.69, 9.17) is 4.74 Å². The second kappa shape index (κ2) is 10.2. The largest absolute Gasteiger partial charge is 0.485 e. The Hall–Kier alpha value is -2.55. The van der Waals surface area contributed by atoms with Gasteiger partial charge in [-0.25, -0.2) is 4.68 Å². The summed E-state index contributed by atoms with van der Waals surface area (Å²) in [6.07, 6.45) is 5.01. The van der Waals surface area contributed by atoms with E-state index in [2.05, 4.69) is 49.1 Å². The van der Waals surface area contributed by atoms with E-state index >= 15 is 0 Å². The summed E-state index contributed by atoms with van der Waals surface area (Å²) in [5.74, 6) is 0.434. The van der Waals surface area contributed by atoms with Crippen LogP contribution in [0.25, 0.3) is 0 Å². The summed E-state index contributed by atoms with van der Waals surface area (Å²) >= 11 is 3.35. The van der Waals surface area contributed by atoms with Gasteiger partial charge in [0.05, 0.1) is 18.5 Å². The van der Waals surface area contributed by atoms with Crippen LogP contribution in [0.15, 0.2) is 58.1 Å². The van der Waals surface area contributed by atoms with Crippen LogP contribution < -0.4 is 10.3 Å². The highest BCUT2D eigenvalue weighted by atomic mass is 79.9. The van der Waals surface area contributed by atoms with Gasteiger partial charge in [-0.3, -0.25) is 14.7 Å². The Morgan fingerprint density at radius 2 is 2.00 bits per heavy atom. The highest BCUT2D eigenvalue weighted by Crippen LogP contribution is 2.20. The van der Waals surface area contributed by atoms with Gasteiger partial charge in [-0.15, -0.1) is 0 Å². The summed E-state index contributed by atoms with van der Waals surface area (Å²) in [6, 6.07) is 11.8. The zero-order valence-electron chi connectivity index (χ0n) is 17.2. The Balaban J connectivity index is 1.35. The summed E-state index contributed by atoms with van der Waals surface area (Å²) in [6.45, 7) is 3.52. The SMILES string of the molecule is O=c1cc(OCc2ccc(Br)cn2)cnn1CCc1ccc2c(c1)CN(CCO)CC2. The van der Waals surface area contributed by atoms with Crippen LogP contribution in [-0.4, -0.2) is 44.5 Å². The van der Waals surface area contributed by atoms with Gasteiger partial charge in [0.25, 0.3) is 5.56 Å². The number of aliphatic hydroxyl groups excluding tert-OH is 1. The fourth-order valence-electron chi connectivity index (χ4n) is 3.70. The molecule has 1 N–H and O–H groups in total. The minimum absolute atomic E-state index is 0.183. The summed E-state index contributed by atoms with van der Waals surface area (Å²) in [5.41, 5.74) is 4.45. The quantitative estimate of drug-likeness (QED) is 0.529. The smallest absolute Gasteiger partial charge is 0.270 e. The average Bonchev–Trinajstić information content (AvgIpc) is 2.78. The number of benzene rings is 1. The van der Waals surface area contributed by atoms with Gasteiger partial charge in [-0.1, -0.05) is 18.2 Å². The first kappa shape index (κ1) is 21.7. The maximum absolute atomic E-state index is 12.4. The van der Waals surface area contributed by atoms with Crippen molar-refractivity contribution in [2.24, 2.45) is 0 Å². The molecule has 0 saturated heterocycles. The van der Waals surface area contributed by atoms with Crippen molar-refractivity contribution < 1.29 is 9.84 Å². The van der Waals surface area contributed by atoms with E-state index in [1.807, 2.05) is 12.1 Å². The first-order valence-corrected chi connectivity index (χ1v) is 11.1. The molecular weight excluding hydrogens is 460 g/mol. The first-order valence-electron chi connectivity index (χ1n) is 10.3. The molecule has 2 aromatic heterocycles. The summed E-state index contributed by atoms with van der Waals surface area (Å²) in [4.78, 5) is 18.9. The zero-order valence-corrected chi connectivity index (χ0v) is 18.8. The van der Waals surface area contributed by atoms with Crippen LogP contribution in [0.2, 0.25) is 0 Å². The molecular formula is C23H25BrN4O3. The summed E-state index contributed by atoms with van der Waals surface area (Å²) in [5, 5.41) is 13.4. The Morgan fingerprint density at radius 1 is 1.10 bits per heavy atom. The topological polar surface area (TPSA) is 80.5 Å². The van der Waals surface area contributed by atoms with Crippen LogP contribution in [0.4, 0.5) is 0 Å². The van der Waals surface area contributed by atoms with Gasteiger partial charge in [0.2, 0.25) is 0 Å². The number of aryl methyl sites for hydroxylation is 2. The first-order chi connectivity index (χ1) is 15.1. The molecule has 1 aliphatic rings. The van der Waals surface area contributed by atoms with E-state index in [9.17, 15) is 9.90 Å². The molecule has 7 nitrogen and oxygen atoms in total. The van der Waals surface area contributed by atoms with E-state index in [1.165, 1.54) is 27.4 Å². The van der Waals surface area contributed by atoms with Crippen LogP contribution >= 0.6 is 15.9 Å². The molecule has 1 aliphatic heterocycles. The van der Waals surface area contributed by atoms with E-state index in [0.29, 0.717) is 18.8 Å². The molecule has 0 unspecified atom stereocenters. The Bertz CT molecular complexity index is 1080. The maximum atomic E-state index is 12.4. The molecule has 0 fully saturated rings. The third-order valence-corrected chi connectivity index (χ3v) is 5.88. The molecule has 0 spiro atoms. The van der Waals surface area contributed by atoms with Gasteiger partial charge in [-0.2, -0.15) is 5.10 Å². The summed E-state index contributed by atoms with van der Waals surface area (Å²) < 4.78 is 8.01. The van der Waals surface area contributed by atoms with Crippen LogP contribution in [0, 0.1) is 0 Å². The standard InChI is InChI=1S/C23H25BrN4O3/c24-20-3-4-21(25-13-20)16-31-22-12-23(30)28(26-14-22)8-5-17-1-2-18-6-7-27(9-10-29)15-19(18)11-17/h1-4,11-14,29H,5-10,15-16H2. The highest BCUT2D eigenvalue weighted by Gasteiger charge is 2.16. The number of pyridine rings is 1. The monoisotopic (exact) mass is 484 g/mol. The maximum Gasteiger partial charge on any atom is 0.270 e. The molecule has 0 bridgehead atoms. The lowest BCUT2D eigenvalue weighted by molar-refractivity contribution is 0.184. The molecule has 0 amide bonds. The zero-order chi connectivity index (χ0) is 21.6. The van der Waals surface area contributed by atoms with E-state index in [0.717, 1.165) is 36.1 Å². The number of rotatable bonds is 8. The normalized spacial score (nSPS) is 13.7. The summed E-state index contributed by atoms with van der Waals surface area (Å²) in [7, 11) is 0. The molecule has 1 aromatic carbocycles. The number of hydrogen-bond acceptors (Lipinski definition) is 6. The molecule has 31 heavy (non-hydrogen) atoms. The minimum Gasteiger partial charge on any atom is -0.485 e. The van der Waals surface area contributed by atoms with Gasteiger partial charge in [0, 0.05) is 42.9 Å². The molecule has 3 heterocycles. The number of halogens is 1. The molecule has 0 atom stereocenters. The molecule has 0 saturated carbocycles. The van der Waals surface area contributed by atoms with E-state index < -0.39 is 0 Å². The number of aliphatic hydroxyl groups is 1. The van der Waals surface area contributed by atoms with E-state index in [1.54, 1.807) is 12.4 Å². The van der Waals surface area contributed by atoms with Crippen molar-refractivity contribution in [3.63, 3.8) is 0 Å². The lowest BCUT2D eigenvalue weighted by atomic mass is 9.96. The lowest BCUT2D eigenvalue weighted by Gasteiger charge is -2.28. The van der Waals surface area contributed by atoms with Crippen molar-refractivity contribution in [2.45, 2.75) is 32.5 Å². The van der Waals surface area contributed by atoms with Crippen LogP contribution in [0.3, 0.4) is 0 Å². The number of fused-ring (bicyclic) bond motifs is 1. The number of ether oxygens (including phenoxy) is 1. The van der Waals surface area contributed by atoms with Crippen molar-refractivity contribution in [3.8, 4) is 5.75 Å². The van der Waals surface area contributed by atoms with Gasteiger partial charge in [0.15, 0.2) is 0 Å². The number of hydrogen-bond donors (Lipinski definition) is 1. The fraction of sp³-hybridized carbons (Fsp3) is 0.348. The van der Waals surface area contributed by atoms with Gasteiger partial charge in [0.1, 0.15) is 12.4 Å². The number of aromatic nitrogens is 3. The predicted molar refractivity (Wildman–Crippen MR) is 121 cm³/mol. The van der Waals surface area contributed by atoms with Crippen molar-refractivity contribution >= 4 is 15.9 Å². The third-order valence-electron chi connectivity index (χ3n) is 5.41. The second-order valence-electron chi connectivity index (χ2n) is 7.61. The van der Waals surface area contributed by atoms with Crippen molar-refractivity contribution in [3.05, 3.63) is 86.0 Å². The average molecular weight is 485 g/mol. The van der Waals surface area contributed by atoms with Crippen molar-refractivity contribution in [1.82, 2.24) is 19.7 Å². The van der Waals surface area contributed by atoms with Gasteiger partial charge < -0.3 is 9.84 Å². The Labute approximate surface area is 189 Å². The van der Waals surface area contributed by atoms with Crippen LogP contribution in [-0.2, 0) is 32.5 Å². The minimum atomic E-state index is -0.187. The third kappa shape index (κ3) is 5.78. The van der Waals surface area contributed by atoms with Crippen molar-refractivity contribution in [2.75, 3.05) is 19.7 Å². The lowest BCUT2D eigenvalue weighted by Crippen LogP contribution is -2.32. The van der Waals surface area contributed by atoms with Gasteiger partial charge in [-0.05, 0) is 57.6 Å². The molecule has 8 heteroatoms. The Kier molecular flexibility index (Phi) is 7.11. The van der Waals surface area contributed by atoms with Crippen LogP contribution in [0.5, 0.6) is 5.75 Å². The molecule has 162 valence electrons. The molecule has 0 radical (unpaired) electrons.